The SMILES string of the molecule is Cc1ccnc(-c2cc(/C=C/c3ccc(-n4ccnc4)cc3)cc[n+]2CCN)c1. The molecule has 0 fully saturated rings. The van der Waals surface area contributed by atoms with Gasteiger partial charge in [0.15, 0.2) is 12.7 Å². The lowest BCUT2D eigenvalue weighted by Crippen LogP contribution is -2.39. The van der Waals surface area contributed by atoms with Gasteiger partial charge in [-0.2, -0.15) is 4.57 Å². The number of nitrogens with two attached hydrogens (primary N) is 1. The topological polar surface area (TPSA) is 60.6 Å². The van der Waals surface area contributed by atoms with Crippen molar-refractivity contribution < 1.29 is 4.57 Å². The van der Waals surface area contributed by atoms with E-state index >= 15 is 0 Å². The number of nitrogens with zero attached hydrogens (tertiary/aromatic N) is 4. The molecule has 4 aromatic rings. The van der Waals surface area contributed by atoms with Gasteiger partial charge in [0.05, 0.1) is 12.9 Å². The number of aromatic nitrogens is 4. The minimum absolute atomic E-state index is 0.585. The molecule has 1 aromatic carbocycles. The second kappa shape index (κ2) is 8.63. The molecule has 0 atom stereocenters. The van der Waals surface area contributed by atoms with E-state index in [-0.39, 0.29) is 0 Å². The zero-order chi connectivity index (χ0) is 20.1. The van der Waals surface area contributed by atoms with Crippen molar-refractivity contribution in [1.82, 2.24) is 14.5 Å². The van der Waals surface area contributed by atoms with Crippen molar-refractivity contribution >= 4 is 12.2 Å². The minimum atomic E-state index is 0.585. The lowest BCUT2D eigenvalue weighted by atomic mass is 10.1. The van der Waals surface area contributed by atoms with Gasteiger partial charge in [0.2, 0.25) is 5.69 Å². The van der Waals surface area contributed by atoms with Crippen molar-refractivity contribution in [3.8, 4) is 17.1 Å². The van der Waals surface area contributed by atoms with E-state index in [1.807, 2.05) is 23.0 Å². The molecule has 0 unspecified atom stereocenters. The fourth-order valence-corrected chi connectivity index (χ4v) is 3.24. The van der Waals surface area contributed by atoms with E-state index < -0.39 is 0 Å². The van der Waals surface area contributed by atoms with E-state index in [0.717, 1.165) is 34.7 Å². The number of benzene rings is 1. The van der Waals surface area contributed by atoms with Crippen molar-refractivity contribution in [2.45, 2.75) is 13.5 Å². The van der Waals surface area contributed by atoms with Crippen LogP contribution in [0.4, 0.5) is 0 Å². The van der Waals surface area contributed by atoms with Crippen LogP contribution < -0.4 is 10.3 Å². The first-order valence-electron chi connectivity index (χ1n) is 9.66. The van der Waals surface area contributed by atoms with Crippen molar-refractivity contribution in [1.29, 1.82) is 0 Å². The zero-order valence-electron chi connectivity index (χ0n) is 16.4. The highest BCUT2D eigenvalue weighted by Gasteiger charge is 2.14. The molecule has 0 aliphatic carbocycles. The van der Waals surface area contributed by atoms with E-state index in [4.69, 9.17) is 5.73 Å². The molecule has 0 saturated carbocycles. The highest BCUT2D eigenvalue weighted by Crippen LogP contribution is 2.17. The summed E-state index contributed by atoms with van der Waals surface area (Å²) in [6.45, 7) is 3.42. The predicted octanol–water partition coefficient (Wildman–Crippen LogP) is 3.66. The van der Waals surface area contributed by atoms with Gasteiger partial charge in [0, 0.05) is 36.4 Å². The first-order chi connectivity index (χ1) is 14.2. The first-order valence-corrected chi connectivity index (χ1v) is 9.66. The number of hydrogen-bond acceptors (Lipinski definition) is 3. The van der Waals surface area contributed by atoms with Crippen LogP contribution in [0.2, 0.25) is 0 Å². The molecule has 4 rings (SSSR count). The number of hydrogen-bond donors (Lipinski definition) is 1. The molecule has 0 spiro atoms. The first kappa shape index (κ1) is 18.8. The van der Waals surface area contributed by atoms with Crippen LogP contribution in [0.5, 0.6) is 0 Å². The Labute approximate surface area is 170 Å². The molecule has 0 aliphatic rings. The molecule has 0 aliphatic heterocycles. The highest BCUT2D eigenvalue weighted by atomic mass is 15.0. The monoisotopic (exact) mass is 382 g/mol. The third-order valence-corrected chi connectivity index (χ3v) is 4.77. The maximum atomic E-state index is 5.80. The fourth-order valence-electron chi connectivity index (χ4n) is 3.24. The second-order valence-corrected chi connectivity index (χ2v) is 6.94. The molecule has 3 aromatic heterocycles. The summed E-state index contributed by atoms with van der Waals surface area (Å²) in [6, 6.07) is 16.8. The van der Waals surface area contributed by atoms with Crippen LogP contribution in [-0.4, -0.2) is 21.1 Å². The maximum absolute atomic E-state index is 5.80. The van der Waals surface area contributed by atoms with Crippen LogP contribution >= 0.6 is 0 Å². The Morgan fingerprint density at radius 1 is 1.00 bits per heavy atom. The van der Waals surface area contributed by atoms with Crippen LogP contribution in [0.25, 0.3) is 29.2 Å². The fraction of sp³-hybridized carbons (Fsp3) is 0.125. The Morgan fingerprint density at radius 3 is 2.55 bits per heavy atom. The van der Waals surface area contributed by atoms with E-state index in [2.05, 4.69) is 82.3 Å². The van der Waals surface area contributed by atoms with Crippen molar-refractivity contribution in [2.24, 2.45) is 5.73 Å². The summed E-state index contributed by atoms with van der Waals surface area (Å²) in [7, 11) is 0. The van der Waals surface area contributed by atoms with Crippen LogP contribution in [-0.2, 0) is 6.54 Å². The number of aryl methyl sites for hydroxylation is 1. The molecule has 0 radical (unpaired) electrons. The summed E-state index contributed by atoms with van der Waals surface area (Å²) in [4.78, 5) is 8.64. The standard InChI is InChI=1S/C24H24N5/c1-19-8-11-27-23(16-19)24-17-21(9-13-28(24)14-10-25)3-2-20-4-6-22(7-5-20)29-15-12-26-18-29/h2-9,11-13,15-18H,10,14,25H2,1H3/q+1. The van der Waals surface area contributed by atoms with Crippen molar-refractivity contribution in [3.63, 3.8) is 0 Å². The van der Waals surface area contributed by atoms with Gasteiger partial charge in [-0.25, -0.2) is 9.97 Å². The van der Waals surface area contributed by atoms with Crippen LogP contribution in [0.3, 0.4) is 0 Å². The zero-order valence-corrected chi connectivity index (χ0v) is 16.4. The van der Waals surface area contributed by atoms with Gasteiger partial charge in [-0.3, -0.25) is 0 Å². The Balaban J connectivity index is 1.61. The average molecular weight is 382 g/mol. The second-order valence-electron chi connectivity index (χ2n) is 6.94. The molecule has 0 amide bonds. The summed E-state index contributed by atoms with van der Waals surface area (Å²) in [6.07, 6.45) is 13.7. The third-order valence-electron chi connectivity index (χ3n) is 4.77. The molecule has 144 valence electrons. The van der Waals surface area contributed by atoms with E-state index in [0.29, 0.717) is 6.54 Å². The predicted molar refractivity (Wildman–Crippen MR) is 116 cm³/mol. The third kappa shape index (κ3) is 4.47. The van der Waals surface area contributed by atoms with Crippen LogP contribution in [0, 0.1) is 6.92 Å². The van der Waals surface area contributed by atoms with Gasteiger partial charge in [-0.05, 0) is 47.9 Å². The van der Waals surface area contributed by atoms with Gasteiger partial charge in [-0.15, -0.1) is 0 Å². The van der Waals surface area contributed by atoms with Crippen LogP contribution in [0.1, 0.15) is 16.7 Å². The molecule has 2 N–H and O–H groups in total. The number of rotatable bonds is 6. The van der Waals surface area contributed by atoms with E-state index in [1.165, 1.54) is 5.56 Å². The molecule has 5 nitrogen and oxygen atoms in total. The molecule has 3 heterocycles. The Morgan fingerprint density at radius 2 is 1.83 bits per heavy atom. The number of pyridine rings is 2. The summed E-state index contributed by atoms with van der Waals surface area (Å²) >= 11 is 0. The van der Waals surface area contributed by atoms with Gasteiger partial charge in [-0.1, -0.05) is 24.3 Å². The average Bonchev–Trinajstić information content (AvgIpc) is 3.28. The molecular formula is C24H24N5+. The quantitative estimate of drug-likeness (QED) is 0.518. The van der Waals surface area contributed by atoms with Gasteiger partial charge in [0.1, 0.15) is 5.69 Å². The molecule has 29 heavy (non-hydrogen) atoms. The van der Waals surface area contributed by atoms with Gasteiger partial charge < -0.3 is 10.3 Å². The Bertz CT molecular complexity index is 1110. The lowest BCUT2D eigenvalue weighted by Gasteiger charge is -2.05. The van der Waals surface area contributed by atoms with Gasteiger partial charge >= 0.3 is 0 Å². The molecular weight excluding hydrogens is 358 g/mol. The summed E-state index contributed by atoms with van der Waals surface area (Å²) in [5.41, 5.74) is 12.4. The van der Waals surface area contributed by atoms with Gasteiger partial charge in [0.25, 0.3) is 0 Å². The Kier molecular flexibility index (Phi) is 5.59. The maximum Gasteiger partial charge on any atom is 0.231 e. The number of imidazole rings is 1. The highest BCUT2D eigenvalue weighted by molar-refractivity contribution is 5.71. The normalized spacial score (nSPS) is 11.2. The summed E-state index contributed by atoms with van der Waals surface area (Å²) < 4.78 is 4.14. The smallest absolute Gasteiger partial charge is 0.231 e. The molecule has 5 heteroatoms. The van der Waals surface area contributed by atoms with Crippen molar-refractivity contribution in [2.75, 3.05) is 6.54 Å². The summed E-state index contributed by atoms with van der Waals surface area (Å²) in [5.74, 6) is 0. The lowest BCUT2D eigenvalue weighted by molar-refractivity contribution is -0.683. The minimum Gasteiger partial charge on any atom is -0.325 e. The molecule has 0 bridgehead atoms. The molecule has 0 saturated heterocycles. The van der Waals surface area contributed by atoms with Crippen LogP contribution in [0.15, 0.2) is 79.6 Å². The summed E-state index contributed by atoms with van der Waals surface area (Å²) in [5, 5.41) is 0. The van der Waals surface area contributed by atoms with Crippen molar-refractivity contribution in [3.05, 3.63) is 96.3 Å². The largest absolute Gasteiger partial charge is 0.325 e. The Hall–Kier alpha value is -3.57. The van der Waals surface area contributed by atoms with E-state index in [9.17, 15) is 0 Å². The van der Waals surface area contributed by atoms with E-state index in [1.54, 1.807) is 12.5 Å².